The van der Waals surface area contributed by atoms with E-state index in [2.05, 4.69) is 46.2 Å². The molecule has 0 aromatic heterocycles. The zero-order chi connectivity index (χ0) is 16.1. The minimum atomic E-state index is 0.239. The molecule has 0 aliphatic carbocycles. The highest BCUT2D eigenvalue weighted by molar-refractivity contribution is 5.99. The minimum Gasteiger partial charge on any atom is -0.330 e. The zero-order valence-electron chi connectivity index (χ0n) is 13.8. The van der Waals surface area contributed by atoms with Crippen molar-refractivity contribution in [2.75, 3.05) is 19.6 Å². The van der Waals surface area contributed by atoms with Gasteiger partial charge in [-0.25, -0.2) is 0 Å². The standard InChI is InChI=1S/C21H22N2O/c24-21-19-7-6-17(15-4-2-1-3-5-15)12-18(19)13-23(21)20-14-22-10-8-16(20)9-11-22/h1-7,12,16,20H,8-11,13-14H2/t20-/m0/s1. The first kappa shape index (κ1) is 14.2. The van der Waals surface area contributed by atoms with Gasteiger partial charge in [0.25, 0.3) is 5.91 Å². The number of hydrogen-bond donors (Lipinski definition) is 0. The van der Waals surface area contributed by atoms with E-state index >= 15 is 0 Å². The number of carbonyl (C=O) groups excluding carboxylic acids is 1. The Kier molecular flexibility index (Phi) is 3.23. The number of hydrogen-bond acceptors (Lipinski definition) is 2. The predicted octanol–water partition coefficient (Wildman–Crippen LogP) is 3.40. The Hall–Kier alpha value is -2.13. The normalized spacial score (nSPS) is 28.2. The van der Waals surface area contributed by atoms with Gasteiger partial charge in [0, 0.05) is 24.7 Å². The molecule has 0 N–H and O–H groups in total. The van der Waals surface area contributed by atoms with E-state index in [0.717, 1.165) is 18.7 Å². The Labute approximate surface area is 142 Å². The molecule has 0 saturated carbocycles. The molecule has 1 atom stereocenters. The molecule has 4 aliphatic heterocycles. The van der Waals surface area contributed by atoms with Gasteiger partial charge in [0.05, 0.1) is 0 Å². The van der Waals surface area contributed by atoms with Crippen LogP contribution in [-0.4, -0.2) is 41.4 Å². The zero-order valence-corrected chi connectivity index (χ0v) is 13.8. The lowest BCUT2D eigenvalue weighted by atomic mass is 9.83. The topological polar surface area (TPSA) is 23.6 Å². The van der Waals surface area contributed by atoms with Crippen molar-refractivity contribution in [1.82, 2.24) is 9.80 Å². The number of rotatable bonds is 2. The van der Waals surface area contributed by atoms with E-state index in [4.69, 9.17) is 0 Å². The predicted molar refractivity (Wildman–Crippen MR) is 94.7 cm³/mol. The second-order valence-corrected chi connectivity index (χ2v) is 7.38. The van der Waals surface area contributed by atoms with E-state index < -0.39 is 0 Å². The number of piperidine rings is 3. The second kappa shape index (κ2) is 5.45. The van der Waals surface area contributed by atoms with Crippen LogP contribution in [-0.2, 0) is 6.54 Å². The number of benzene rings is 2. The molecule has 4 heterocycles. The summed E-state index contributed by atoms with van der Waals surface area (Å²) in [5, 5.41) is 0. The second-order valence-electron chi connectivity index (χ2n) is 7.38. The molecule has 3 fully saturated rings. The van der Waals surface area contributed by atoms with E-state index in [9.17, 15) is 4.79 Å². The first-order chi connectivity index (χ1) is 11.8. The molecular weight excluding hydrogens is 296 g/mol. The van der Waals surface area contributed by atoms with Gasteiger partial charge in [-0.15, -0.1) is 0 Å². The highest BCUT2D eigenvalue weighted by atomic mass is 16.2. The van der Waals surface area contributed by atoms with Crippen molar-refractivity contribution in [1.29, 1.82) is 0 Å². The molecule has 0 spiro atoms. The molecule has 6 rings (SSSR count). The molecule has 2 aromatic carbocycles. The molecule has 3 saturated heterocycles. The molecule has 0 unspecified atom stereocenters. The number of amides is 1. The summed E-state index contributed by atoms with van der Waals surface area (Å²) in [5.74, 6) is 0.935. The maximum atomic E-state index is 12.9. The van der Waals surface area contributed by atoms with Crippen LogP contribution in [0.25, 0.3) is 11.1 Å². The summed E-state index contributed by atoms with van der Waals surface area (Å²) in [6.07, 6.45) is 2.50. The van der Waals surface area contributed by atoms with Crippen LogP contribution < -0.4 is 0 Å². The third kappa shape index (κ3) is 2.19. The van der Waals surface area contributed by atoms with Crippen molar-refractivity contribution in [3.63, 3.8) is 0 Å². The van der Waals surface area contributed by atoms with E-state index in [1.54, 1.807) is 0 Å². The summed E-state index contributed by atoms with van der Waals surface area (Å²) in [5.41, 5.74) is 4.52. The van der Waals surface area contributed by atoms with E-state index in [1.165, 1.54) is 42.6 Å². The van der Waals surface area contributed by atoms with Crippen molar-refractivity contribution in [2.24, 2.45) is 5.92 Å². The van der Waals surface area contributed by atoms with Crippen LogP contribution in [0.2, 0.25) is 0 Å². The van der Waals surface area contributed by atoms with Gasteiger partial charge in [-0.05, 0) is 60.7 Å². The lowest BCUT2D eigenvalue weighted by molar-refractivity contribution is 0.00846. The number of fused-ring (bicyclic) bond motifs is 4. The highest BCUT2D eigenvalue weighted by Crippen LogP contribution is 2.36. The molecule has 4 aliphatic rings. The van der Waals surface area contributed by atoms with Gasteiger partial charge in [-0.2, -0.15) is 0 Å². The van der Waals surface area contributed by atoms with Crippen molar-refractivity contribution in [2.45, 2.75) is 25.4 Å². The van der Waals surface area contributed by atoms with Crippen LogP contribution in [0.1, 0.15) is 28.8 Å². The smallest absolute Gasteiger partial charge is 0.254 e. The van der Waals surface area contributed by atoms with Crippen LogP contribution >= 0.6 is 0 Å². The van der Waals surface area contributed by atoms with Crippen molar-refractivity contribution in [3.8, 4) is 11.1 Å². The van der Waals surface area contributed by atoms with Crippen LogP contribution in [0.15, 0.2) is 48.5 Å². The summed E-state index contributed by atoms with van der Waals surface area (Å²) in [4.78, 5) is 17.6. The fourth-order valence-electron chi connectivity index (χ4n) is 4.71. The van der Waals surface area contributed by atoms with Crippen LogP contribution in [0, 0.1) is 5.92 Å². The van der Waals surface area contributed by atoms with Crippen molar-refractivity contribution >= 4 is 5.91 Å². The summed E-state index contributed by atoms with van der Waals surface area (Å²) in [7, 11) is 0. The van der Waals surface area contributed by atoms with E-state index in [1.807, 2.05) is 12.1 Å². The van der Waals surface area contributed by atoms with Crippen LogP contribution in [0.5, 0.6) is 0 Å². The third-order valence-corrected chi connectivity index (χ3v) is 6.07. The van der Waals surface area contributed by atoms with Crippen molar-refractivity contribution in [3.05, 3.63) is 59.7 Å². The molecular formula is C21H22N2O. The Bertz CT molecular complexity index is 778. The van der Waals surface area contributed by atoms with Crippen LogP contribution in [0.4, 0.5) is 0 Å². The summed E-state index contributed by atoms with van der Waals surface area (Å²) >= 11 is 0. The van der Waals surface area contributed by atoms with Gasteiger partial charge >= 0.3 is 0 Å². The van der Waals surface area contributed by atoms with E-state index in [-0.39, 0.29) is 5.91 Å². The first-order valence-electron chi connectivity index (χ1n) is 9.01. The van der Waals surface area contributed by atoms with E-state index in [0.29, 0.717) is 12.0 Å². The van der Waals surface area contributed by atoms with Gasteiger partial charge < -0.3 is 9.80 Å². The summed E-state index contributed by atoms with van der Waals surface area (Å²) in [6.45, 7) is 4.28. The number of nitrogens with zero attached hydrogens (tertiary/aromatic N) is 2. The molecule has 3 heteroatoms. The Morgan fingerprint density at radius 1 is 0.917 bits per heavy atom. The van der Waals surface area contributed by atoms with Crippen molar-refractivity contribution < 1.29 is 4.79 Å². The SMILES string of the molecule is O=C1c2ccc(-c3ccccc3)cc2CN1[C@H]1CN2CCC1CC2. The summed E-state index contributed by atoms with van der Waals surface area (Å²) in [6, 6.07) is 17.2. The Balaban J connectivity index is 1.45. The monoisotopic (exact) mass is 318 g/mol. The Morgan fingerprint density at radius 2 is 1.71 bits per heavy atom. The Morgan fingerprint density at radius 3 is 2.42 bits per heavy atom. The average Bonchev–Trinajstić information content (AvgIpc) is 2.99. The highest BCUT2D eigenvalue weighted by Gasteiger charge is 2.42. The lowest BCUT2D eigenvalue weighted by Crippen LogP contribution is -2.57. The third-order valence-electron chi connectivity index (χ3n) is 6.07. The average molecular weight is 318 g/mol. The minimum absolute atomic E-state index is 0.239. The maximum Gasteiger partial charge on any atom is 0.254 e. The number of carbonyl (C=O) groups is 1. The molecule has 1 amide bonds. The molecule has 3 nitrogen and oxygen atoms in total. The van der Waals surface area contributed by atoms with Gasteiger partial charge in [-0.1, -0.05) is 36.4 Å². The maximum absolute atomic E-state index is 12.9. The molecule has 122 valence electrons. The fourth-order valence-corrected chi connectivity index (χ4v) is 4.71. The quantitative estimate of drug-likeness (QED) is 0.847. The first-order valence-corrected chi connectivity index (χ1v) is 9.01. The largest absolute Gasteiger partial charge is 0.330 e. The lowest BCUT2D eigenvalue weighted by Gasteiger charge is -2.48. The molecule has 0 radical (unpaired) electrons. The van der Waals surface area contributed by atoms with Gasteiger partial charge in [0.2, 0.25) is 0 Å². The molecule has 2 aromatic rings. The summed E-state index contributed by atoms with van der Waals surface area (Å²) < 4.78 is 0. The molecule has 24 heavy (non-hydrogen) atoms. The van der Waals surface area contributed by atoms with Gasteiger partial charge in [-0.3, -0.25) is 4.79 Å². The fraction of sp³-hybridized carbons (Fsp3) is 0.381. The van der Waals surface area contributed by atoms with Gasteiger partial charge in [0.1, 0.15) is 0 Å². The van der Waals surface area contributed by atoms with Crippen LogP contribution in [0.3, 0.4) is 0 Å². The van der Waals surface area contributed by atoms with Gasteiger partial charge in [0.15, 0.2) is 0 Å². The molecule has 2 bridgehead atoms.